The molecule has 0 aromatic heterocycles. The van der Waals surface area contributed by atoms with Crippen LogP contribution in [0.2, 0.25) is 0 Å². The second-order valence-corrected chi connectivity index (χ2v) is 5.36. The van der Waals surface area contributed by atoms with Crippen molar-refractivity contribution in [2.75, 3.05) is 32.5 Å². The van der Waals surface area contributed by atoms with Crippen LogP contribution in [0.5, 0.6) is 0 Å². The molecule has 0 amide bonds. The molecule has 2 rings (SSSR count). The minimum atomic E-state index is -0.433. The monoisotopic (exact) mass is 279 g/mol. The Hall–Kier alpha value is -1.66. The van der Waals surface area contributed by atoms with Gasteiger partial charge in [0.15, 0.2) is 0 Å². The predicted molar refractivity (Wildman–Crippen MR) is 77.4 cm³/mol. The molecule has 6 heteroatoms. The zero-order chi connectivity index (χ0) is 14.5. The average Bonchev–Trinajstić information content (AvgIpc) is 2.42. The number of anilines is 1. The van der Waals surface area contributed by atoms with E-state index in [-0.39, 0.29) is 11.4 Å². The third kappa shape index (κ3) is 3.68. The standard InChI is InChI=1S/C14H21N3O3/c1-16(9-11-5-7-20-8-6-11)10-12-3-2-4-13(14(12)15)17(18)19/h2-4,11H,5-10,15H2,1H3. The average molecular weight is 279 g/mol. The molecule has 1 aromatic carbocycles. The number of ether oxygens (including phenoxy) is 1. The normalized spacial score (nSPS) is 16.5. The number of nitro benzene ring substituents is 1. The van der Waals surface area contributed by atoms with Crippen LogP contribution in [0.15, 0.2) is 18.2 Å². The van der Waals surface area contributed by atoms with Crippen LogP contribution in [-0.2, 0) is 11.3 Å². The van der Waals surface area contributed by atoms with Gasteiger partial charge in [0.2, 0.25) is 0 Å². The zero-order valence-electron chi connectivity index (χ0n) is 11.7. The Morgan fingerprint density at radius 3 is 2.80 bits per heavy atom. The van der Waals surface area contributed by atoms with Crippen LogP contribution in [0, 0.1) is 16.0 Å². The number of hydrogen-bond acceptors (Lipinski definition) is 5. The summed E-state index contributed by atoms with van der Waals surface area (Å²) in [4.78, 5) is 12.6. The second-order valence-electron chi connectivity index (χ2n) is 5.36. The van der Waals surface area contributed by atoms with Crippen molar-refractivity contribution in [1.82, 2.24) is 4.90 Å². The van der Waals surface area contributed by atoms with Crippen LogP contribution >= 0.6 is 0 Å². The molecule has 0 saturated carbocycles. The van der Waals surface area contributed by atoms with Gasteiger partial charge in [-0.3, -0.25) is 10.1 Å². The molecule has 0 unspecified atom stereocenters. The van der Waals surface area contributed by atoms with Crippen LogP contribution in [0.25, 0.3) is 0 Å². The van der Waals surface area contributed by atoms with E-state index in [9.17, 15) is 10.1 Å². The molecule has 1 aromatic rings. The summed E-state index contributed by atoms with van der Waals surface area (Å²) in [5.41, 5.74) is 6.95. The lowest BCUT2D eigenvalue weighted by Crippen LogP contribution is -2.29. The summed E-state index contributed by atoms with van der Waals surface area (Å²) < 4.78 is 5.35. The Bertz CT molecular complexity index is 473. The van der Waals surface area contributed by atoms with Gasteiger partial charge in [0.1, 0.15) is 5.69 Å². The topological polar surface area (TPSA) is 81.6 Å². The molecule has 1 heterocycles. The lowest BCUT2D eigenvalue weighted by Gasteiger charge is -2.27. The van der Waals surface area contributed by atoms with Crippen LogP contribution in [0.1, 0.15) is 18.4 Å². The molecule has 2 N–H and O–H groups in total. The van der Waals surface area contributed by atoms with E-state index in [4.69, 9.17) is 10.5 Å². The van der Waals surface area contributed by atoms with Crippen molar-refractivity contribution in [3.05, 3.63) is 33.9 Å². The SMILES string of the molecule is CN(Cc1cccc([N+](=O)[O-])c1N)CC1CCOCC1. The van der Waals surface area contributed by atoms with Gasteiger partial charge in [0.25, 0.3) is 5.69 Å². The van der Waals surface area contributed by atoms with Gasteiger partial charge in [-0.2, -0.15) is 0 Å². The maximum atomic E-state index is 10.9. The summed E-state index contributed by atoms with van der Waals surface area (Å²) in [6.45, 7) is 3.26. The van der Waals surface area contributed by atoms with Gasteiger partial charge in [0.05, 0.1) is 4.92 Å². The number of nitro groups is 1. The van der Waals surface area contributed by atoms with Gasteiger partial charge in [-0.1, -0.05) is 12.1 Å². The van der Waals surface area contributed by atoms with Crippen molar-refractivity contribution in [2.45, 2.75) is 19.4 Å². The van der Waals surface area contributed by atoms with E-state index in [1.807, 2.05) is 13.1 Å². The first-order valence-electron chi connectivity index (χ1n) is 6.86. The number of rotatable bonds is 5. The Morgan fingerprint density at radius 1 is 1.45 bits per heavy atom. The molecule has 6 nitrogen and oxygen atoms in total. The van der Waals surface area contributed by atoms with E-state index in [0.717, 1.165) is 38.2 Å². The lowest BCUT2D eigenvalue weighted by molar-refractivity contribution is -0.384. The minimum Gasteiger partial charge on any atom is -0.393 e. The van der Waals surface area contributed by atoms with E-state index in [0.29, 0.717) is 12.5 Å². The predicted octanol–water partition coefficient (Wildman–Crippen LogP) is 2.04. The highest BCUT2D eigenvalue weighted by Gasteiger charge is 2.18. The van der Waals surface area contributed by atoms with Crippen LogP contribution in [0.3, 0.4) is 0 Å². The largest absolute Gasteiger partial charge is 0.393 e. The molecular formula is C14H21N3O3. The summed E-state index contributed by atoms with van der Waals surface area (Å²) in [5, 5.41) is 10.9. The van der Waals surface area contributed by atoms with E-state index in [2.05, 4.69) is 4.90 Å². The number of benzene rings is 1. The van der Waals surface area contributed by atoms with Gasteiger partial charge in [-0.25, -0.2) is 0 Å². The fraction of sp³-hybridized carbons (Fsp3) is 0.571. The first kappa shape index (κ1) is 14.7. The minimum absolute atomic E-state index is 0.0121. The van der Waals surface area contributed by atoms with Crippen molar-refractivity contribution < 1.29 is 9.66 Å². The highest BCUT2D eigenvalue weighted by molar-refractivity contribution is 5.62. The van der Waals surface area contributed by atoms with Crippen molar-refractivity contribution in [3.8, 4) is 0 Å². The number of para-hydroxylation sites is 1. The van der Waals surface area contributed by atoms with E-state index >= 15 is 0 Å². The van der Waals surface area contributed by atoms with Gasteiger partial charge in [-0.05, 0) is 31.4 Å². The summed E-state index contributed by atoms with van der Waals surface area (Å²) in [6, 6.07) is 4.98. The molecule has 0 bridgehead atoms. The molecule has 0 aliphatic carbocycles. The van der Waals surface area contributed by atoms with Crippen LogP contribution in [-0.4, -0.2) is 36.6 Å². The molecule has 0 spiro atoms. The fourth-order valence-electron chi connectivity index (χ4n) is 2.62. The number of nitrogens with two attached hydrogens (primary N) is 1. The Kier molecular flexibility index (Phi) is 4.92. The van der Waals surface area contributed by atoms with Crippen molar-refractivity contribution in [3.63, 3.8) is 0 Å². The number of nitrogens with zero attached hydrogens (tertiary/aromatic N) is 2. The van der Waals surface area contributed by atoms with Crippen molar-refractivity contribution >= 4 is 11.4 Å². The summed E-state index contributed by atoms with van der Waals surface area (Å²) in [5.74, 6) is 0.633. The molecular weight excluding hydrogens is 258 g/mol. The van der Waals surface area contributed by atoms with Crippen LogP contribution < -0.4 is 5.73 Å². The smallest absolute Gasteiger partial charge is 0.292 e. The summed E-state index contributed by atoms with van der Waals surface area (Å²) in [7, 11) is 2.02. The third-order valence-corrected chi connectivity index (χ3v) is 3.72. The third-order valence-electron chi connectivity index (χ3n) is 3.72. The highest BCUT2D eigenvalue weighted by atomic mass is 16.6. The van der Waals surface area contributed by atoms with Gasteiger partial charge >= 0.3 is 0 Å². The molecule has 110 valence electrons. The van der Waals surface area contributed by atoms with E-state index in [1.165, 1.54) is 6.07 Å². The highest BCUT2D eigenvalue weighted by Crippen LogP contribution is 2.26. The number of nitrogen functional groups attached to an aromatic ring is 1. The molecule has 20 heavy (non-hydrogen) atoms. The van der Waals surface area contributed by atoms with E-state index in [1.54, 1.807) is 6.07 Å². The quantitative estimate of drug-likeness (QED) is 0.506. The van der Waals surface area contributed by atoms with Gasteiger partial charge < -0.3 is 15.4 Å². The Balaban J connectivity index is 1.98. The second kappa shape index (κ2) is 6.67. The summed E-state index contributed by atoms with van der Waals surface area (Å²) >= 11 is 0. The fourth-order valence-corrected chi connectivity index (χ4v) is 2.62. The molecule has 0 atom stereocenters. The zero-order valence-corrected chi connectivity index (χ0v) is 11.7. The van der Waals surface area contributed by atoms with Crippen molar-refractivity contribution in [2.24, 2.45) is 5.92 Å². The molecule has 1 aliphatic heterocycles. The molecule has 0 radical (unpaired) electrons. The molecule has 1 aliphatic rings. The lowest BCUT2D eigenvalue weighted by atomic mass is 9.99. The van der Waals surface area contributed by atoms with Gasteiger partial charge in [-0.15, -0.1) is 0 Å². The van der Waals surface area contributed by atoms with E-state index < -0.39 is 4.92 Å². The molecule has 1 saturated heterocycles. The Labute approximate surface area is 118 Å². The summed E-state index contributed by atoms with van der Waals surface area (Å²) in [6.07, 6.45) is 2.16. The number of hydrogen-bond donors (Lipinski definition) is 1. The van der Waals surface area contributed by atoms with Gasteiger partial charge in [0, 0.05) is 32.4 Å². The molecule has 1 fully saturated rings. The maximum Gasteiger partial charge on any atom is 0.292 e. The first-order chi connectivity index (χ1) is 9.58. The Morgan fingerprint density at radius 2 is 2.15 bits per heavy atom. The van der Waals surface area contributed by atoms with Crippen LogP contribution in [0.4, 0.5) is 11.4 Å². The first-order valence-corrected chi connectivity index (χ1v) is 6.86. The maximum absolute atomic E-state index is 10.9. The van der Waals surface area contributed by atoms with Crippen molar-refractivity contribution in [1.29, 1.82) is 0 Å².